The van der Waals surface area contributed by atoms with Gasteiger partial charge in [0.05, 0.1) is 22.0 Å². The van der Waals surface area contributed by atoms with Gasteiger partial charge >= 0.3 is 5.69 Å². The number of aromatic amines is 1. The van der Waals surface area contributed by atoms with Crippen LogP contribution in [0.15, 0.2) is 42.6 Å². The lowest BCUT2D eigenvalue weighted by atomic mass is 9.99. The molecule has 0 bridgehead atoms. The van der Waals surface area contributed by atoms with Crippen molar-refractivity contribution in [1.29, 1.82) is 0 Å². The van der Waals surface area contributed by atoms with E-state index in [1.54, 1.807) is 0 Å². The Bertz CT molecular complexity index is 1520. The molecule has 1 aromatic heterocycles. The monoisotopic (exact) mass is 639 g/mol. The molecule has 46 heavy (non-hydrogen) atoms. The number of para-hydroxylation sites is 1. The van der Waals surface area contributed by atoms with Gasteiger partial charge in [0, 0.05) is 42.6 Å². The van der Waals surface area contributed by atoms with Crippen LogP contribution in [0.25, 0.3) is 10.9 Å². The summed E-state index contributed by atoms with van der Waals surface area (Å²) < 4.78 is 14.1. The Balaban J connectivity index is 1.51. The van der Waals surface area contributed by atoms with Gasteiger partial charge in [-0.25, -0.2) is 0 Å². The number of ketones is 1. The van der Waals surface area contributed by atoms with Crippen LogP contribution >= 0.6 is 0 Å². The van der Waals surface area contributed by atoms with Crippen LogP contribution in [0.3, 0.4) is 0 Å². The van der Waals surface area contributed by atoms with Crippen LogP contribution in [0.2, 0.25) is 0 Å². The molecular formula is C33H42FN5O7. The normalized spacial score (nSPS) is 11.7. The van der Waals surface area contributed by atoms with E-state index in [9.17, 15) is 39.0 Å². The number of rotatable bonds is 21. The standard InChI is InChI=1S/C33H42FN5O7/c1-2-3-4-5-6-7-17-31(40)28(37-32(41)18-12-13-23-22-36-27-15-9-8-14-24(23)27)16-10-11-19-35-33(42)25-20-26(34)30(39(45)46)21-29(25)38(43)44/h8-9,14-15,20-22,28,36H,2-7,10-13,16-19H2,1H3,(H,35,42)(H,37,41)/t28-/m0/s1. The number of aromatic nitrogens is 1. The van der Waals surface area contributed by atoms with E-state index in [2.05, 4.69) is 22.5 Å². The number of carbonyl (C=O) groups is 3. The van der Waals surface area contributed by atoms with Gasteiger partial charge in [-0.2, -0.15) is 4.39 Å². The first kappa shape index (κ1) is 35.8. The number of aryl methyl sites for hydroxylation is 1. The van der Waals surface area contributed by atoms with E-state index in [1.165, 1.54) is 0 Å². The van der Waals surface area contributed by atoms with E-state index in [4.69, 9.17) is 0 Å². The number of halogens is 1. The van der Waals surface area contributed by atoms with Crippen LogP contribution in [-0.2, 0) is 16.0 Å². The number of nitro groups is 2. The first-order valence-corrected chi connectivity index (χ1v) is 15.9. The summed E-state index contributed by atoms with van der Waals surface area (Å²) in [4.78, 5) is 62.0. The number of hydrogen-bond acceptors (Lipinski definition) is 7. The summed E-state index contributed by atoms with van der Waals surface area (Å²) in [6.45, 7) is 2.20. The summed E-state index contributed by atoms with van der Waals surface area (Å²) in [5.74, 6) is -2.55. The third-order valence-corrected chi connectivity index (χ3v) is 7.93. The molecule has 2 amide bonds. The highest BCUT2D eigenvalue weighted by molar-refractivity contribution is 5.98. The highest BCUT2D eigenvalue weighted by Gasteiger charge is 2.28. The molecule has 0 saturated heterocycles. The van der Waals surface area contributed by atoms with Crippen LogP contribution in [0.1, 0.15) is 99.9 Å². The molecule has 3 aromatic rings. The number of carbonyl (C=O) groups excluding carboxylic acids is 3. The maximum absolute atomic E-state index is 14.1. The Morgan fingerprint density at radius 3 is 2.35 bits per heavy atom. The number of Topliss-reactive ketones (excluding diaryl/α,β-unsaturated/α-hetero) is 1. The predicted octanol–water partition coefficient (Wildman–Crippen LogP) is 6.85. The highest BCUT2D eigenvalue weighted by atomic mass is 19.1. The molecule has 0 radical (unpaired) electrons. The molecule has 13 heteroatoms. The van der Waals surface area contributed by atoms with Crippen molar-refractivity contribution in [1.82, 2.24) is 15.6 Å². The van der Waals surface area contributed by atoms with E-state index in [0.29, 0.717) is 50.7 Å². The number of unbranched alkanes of at least 4 members (excludes halogenated alkanes) is 6. The number of nitrogens with one attached hydrogen (secondary N) is 3. The lowest BCUT2D eigenvalue weighted by Crippen LogP contribution is -2.41. The average molecular weight is 640 g/mol. The number of nitro benzene ring substituents is 2. The maximum atomic E-state index is 14.1. The third kappa shape index (κ3) is 10.7. The zero-order valence-corrected chi connectivity index (χ0v) is 26.1. The minimum Gasteiger partial charge on any atom is -0.361 e. The van der Waals surface area contributed by atoms with E-state index in [-0.39, 0.29) is 24.7 Å². The molecule has 248 valence electrons. The van der Waals surface area contributed by atoms with E-state index >= 15 is 0 Å². The molecule has 0 aliphatic carbocycles. The number of benzene rings is 2. The fraction of sp³-hybridized carbons (Fsp3) is 0.485. The molecule has 1 atom stereocenters. The van der Waals surface area contributed by atoms with Crippen molar-refractivity contribution in [3.8, 4) is 0 Å². The third-order valence-electron chi connectivity index (χ3n) is 7.93. The van der Waals surface area contributed by atoms with Crippen LogP contribution in [0.4, 0.5) is 15.8 Å². The molecule has 0 saturated carbocycles. The van der Waals surface area contributed by atoms with E-state index in [0.717, 1.165) is 55.0 Å². The number of H-pyrrole nitrogens is 1. The molecule has 3 N–H and O–H groups in total. The molecular weight excluding hydrogens is 597 g/mol. The van der Waals surface area contributed by atoms with Gasteiger partial charge in [0.1, 0.15) is 5.56 Å². The molecule has 3 rings (SSSR count). The minimum atomic E-state index is -1.36. The predicted molar refractivity (Wildman–Crippen MR) is 172 cm³/mol. The fourth-order valence-electron chi connectivity index (χ4n) is 5.41. The molecule has 2 aromatic carbocycles. The second kappa shape index (κ2) is 18.3. The van der Waals surface area contributed by atoms with E-state index in [1.807, 2.05) is 30.5 Å². The molecule has 12 nitrogen and oxygen atoms in total. The smallest absolute Gasteiger partial charge is 0.311 e. The Labute approximate surface area is 266 Å². The maximum Gasteiger partial charge on any atom is 0.311 e. The number of amides is 2. The van der Waals surface area contributed by atoms with Gasteiger partial charge in [0.15, 0.2) is 5.78 Å². The first-order chi connectivity index (χ1) is 22.1. The van der Waals surface area contributed by atoms with Crippen molar-refractivity contribution in [2.45, 2.75) is 96.4 Å². The second-order valence-electron chi connectivity index (χ2n) is 11.4. The Hall–Kier alpha value is -4.68. The average Bonchev–Trinajstić information content (AvgIpc) is 3.44. The van der Waals surface area contributed by atoms with Crippen molar-refractivity contribution in [3.63, 3.8) is 0 Å². The number of fused-ring (bicyclic) bond motifs is 1. The highest BCUT2D eigenvalue weighted by Crippen LogP contribution is 2.28. The largest absolute Gasteiger partial charge is 0.361 e. The summed E-state index contributed by atoms with van der Waals surface area (Å²) in [6, 6.07) is 8.19. The fourth-order valence-corrected chi connectivity index (χ4v) is 5.41. The van der Waals surface area contributed by atoms with Crippen molar-refractivity contribution in [2.24, 2.45) is 0 Å². The molecule has 1 heterocycles. The zero-order chi connectivity index (χ0) is 33.5. The van der Waals surface area contributed by atoms with Gasteiger partial charge in [0.2, 0.25) is 11.7 Å². The molecule has 0 unspecified atom stereocenters. The summed E-state index contributed by atoms with van der Waals surface area (Å²) in [6.07, 6.45) is 11.3. The van der Waals surface area contributed by atoms with Crippen molar-refractivity contribution in [2.75, 3.05) is 6.54 Å². The summed E-state index contributed by atoms with van der Waals surface area (Å²) in [7, 11) is 0. The number of nitrogens with zero attached hydrogens (tertiary/aromatic N) is 2. The lowest BCUT2D eigenvalue weighted by Gasteiger charge is -2.18. The van der Waals surface area contributed by atoms with Gasteiger partial charge in [-0.1, -0.05) is 57.2 Å². The molecule has 0 fully saturated rings. The Morgan fingerprint density at radius 2 is 1.61 bits per heavy atom. The van der Waals surface area contributed by atoms with Gasteiger partial charge in [-0.05, 0) is 50.2 Å². The van der Waals surface area contributed by atoms with Crippen LogP contribution < -0.4 is 10.6 Å². The number of hydrogen-bond donors (Lipinski definition) is 3. The summed E-state index contributed by atoms with van der Waals surface area (Å²) >= 11 is 0. The topological polar surface area (TPSA) is 177 Å². The van der Waals surface area contributed by atoms with Crippen molar-refractivity contribution < 1.29 is 28.6 Å². The molecule has 0 aliphatic heterocycles. The second-order valence-corrected chi connectivity index (χ2v) is 11.4. The van der Waals surface area contributed by atoms with Crippen molar-refractivity contribution >= 4 is 39.9 Å². The zero-order valence-electron chi connectivity index (χ0n) is 26.1. The van der Waals surface area contributed by atoms with Crippen LogP contribution in [0, 0.1) is 26.0 Å². The van der Waals surface area contributed by atoms with Gasteiger partial charge < -0.3 is 15.6 Å². The Morgan fingerprint density at radius 1 is 0.891 bits per heavy atom. The van der Waals surface area contributed by atoms with Crippen LogP contribution in [-0.4, -0.2) is 45.0 Å². The summed E-state index contributed by atoms with van der Waals surface area (Å²) in [5.41, 5.74) is -0.433. The quantitative estimate of drug-likeness (QED) is 0.0648. The minimum absolute atomic E-state index is 0.0403. The lowest BCUT2D eigenvalue weighted by molar-refractivity contribution is -0.396. The first-order valence-electron chi connectivity index (χ1n) is 15.9. The molecule has 0 aliphatic rings. The Kier molecular flexibility index (Phi) is 14.3. The SMILES string of the molecule is CCCCCCCCC(=O)[C@H](CCCCNC(=O)c1cc(F)c([N+](=O)[O-])cc1[N+](=O)[O-])NC(=O)CCCc1c[nH]c2ccccc12. The summed E-state index contributed by atoms with van der Waals surface area (Å²) in [5, 5.41) is 28.8. The van der Waals surface area contributed by atoms with E-state index < -0.39 is 44.6 Å². The van der Waals surface area contributed by atoms with Gasteiger partial charge in [-0.15, -0.1) is 0 Å². The van der Waals surface area contributed by atoms with Gasteiger partial charge in [0.25, 0.3) is 11.6 Å². The van der Waals surface area contributed by atoms with Crippen LogP contribution in [0.5, 0.6) is 0 Å². The van der Waals surface area contributed by atoms with Gasteiger partial charge in [-0.3, -0.25) is 34.6 Å². The molecule has 0 spiro atoms. The van der Waals surface area contributed by atoms with Crippen molar-refractivity contribution in [3.05, 3.63) is 79.8 Å².